The first-order valence-electron chi connectivity index (χ1n) is 28.6. The second-order valence-corrected chi connectivity index (χ2v) is 25.7. The predicted octanol–water partition coefficient (Wildman–Crippen LogP) is 16.9. The molecule has 3 heteroatoms. The Labute approximate surface area is 479 Å². The number of aromatic nitrogens is 2. The average molecular weight is 1060 g/mol. The smallest absolute Gasteiger partial charge is 0.179 e. The number of fused-ring (bicyclic) bond motifs is 3. The van der Waals surface area contributed by atoms with Gasteiger partial charge >= 0.3 is 0 Å². The van der Waals surface area contributed by atoms with Crippen LogP contribution < -0.4 is 20.7 Å². The number of hydrogen-bond donors (Lipinski definition) is 0. The third-order valence-corrected chi connectivity index (χ3v) is 22.6. The Kier molecular flexibility index (Phi) is 11.4. The van der Waals surface area contributed by atoms with Crippen LogP contribution in [-0.4, -0.2) is 17.6 Å². The molecule has 384 valence electrons. The molecule has 14 aromatic rings. The summed E-state index contributed by atoms with van der Waals surface area (Å²) in [6.07, 6.45) is 0. The molecule has 0 aliphatic heterocycles. The van der Waals surface area contributed by atoms with Crippen molar-refractivity contribution in [2.75, 3.05) is 0 Å². The van der Waals surface area contributed by atoms with Crippen LogP contribution in [0.15, 0.2) is 315 Å². The van der Waals surface area contributed by atoms with E-state index in [-0.39, 0.29) is 11.8 Å². The molecule has 0 fully saturated rings. The van der Waals surface area contributed by atoms with Gasteiger partial charge in [-0.15, -0.1) is 0 Å². The van der Waals surface area contributed by atoms with E-state index in [0.717, 1.165) is 39.3 Å². The van der Waals surface area contributed by atoms with Gasteiger partial charge in [-0.2, -0.15) is 0 Å². The molecule has 2 bridgehead atoms. The van der Waals surface area contributed by atoms with Gasteiger partial charge in [0, 0.05) is 39.3 Å². The van der Waals surface area contributed by atoms with Gasteiger partial charge in [0.15, 0.2) is 8.07 Å². The molecule has 0 radical (unpaired) electrons. The lowest BCUT2D eigenvalue weighted by Gasteiger charge is -2.47. The number of benzene rings is 12. The van der Waals surface area contributed by atoms with Crippen molar-refractivity contribution in [3.63, 3.8) is 0 Å². The fourth-order valence-corrected chi connectivity index (χ4v) is 19.4. The summed E-state index contributed by atoms with van der Waals surface area (Å²) < 4.78 is 2.44. The van der Waals surface area contributed by atoms with E-state index in [2.05, 4.69) is 320 Å². The first-order valence-corrected chi connectivity index (χ1v) is 30.6. The molecular weight excluding hydrogens is 1000 g/mol. The topological polar surface area (TPSA) is 17.8 Å². The Hall–Kier alpha value is -10.2. The van der Waals surface area contributed by atoms with E-state index in [4.69, 9.17) is 4.98 Å². The minimum atomic E-state index is -3.09. The Balaban J connectivity index is 0.924. The molecule has 2 nitrogen and oxygen atoms in total. The zero-order valence-corrected chi connectivity index (χ0v) is 46.1. The van der Waals surface area contributed by atoms with Crippen molar-refractivity contribution in [3.05, 3.63) is 349 Å². The fraction of sp³-hybridized carbons (Fsp3) is 0.0253. The molecule has 0 saturated heterocycles. The van der Waals surface area contributed by atoms with Crippen LogP contribution in [0.2, 0.25) is 0 Å². The fourth-order valence-electron chi connectivity index (χ4n) is 14.4. The van der Waals surface area contributed by atoms with Crippen molar-refractivity contribution in [2.24, 2.45) is 0 Å². The summed E-state index contributed by atoms with van der Waals surface area (Å²) in [5, 5.41) is 8.03. The van der Waals surface area contributed by atoms with E-state index in [1.165, 1.54) is 98.2 Å². The van der Waals surface area contributed by atoms with Crippen molar-refractivity contribution in [3.8, 4) is 61.6 Å². The number of hydrogen-bond acceptors (Lipinski definition) is 1. The Morgan fingerprint density at radius 3 is 1.39 bits per heavy atom. The van der Waals surface area contributed by atoms with Crippen molar-refractivity contribution in [2.45, 2.75) is 11.8 Å². The third-order valence-electron chi connectivity index (χ3n) is 17.8. The van der Waals surface area contributed by atoms with Crippen LogP contribution in [0, 0.1) is 0 Å². The number of para-hydroxylation sites is 3. The molecule has 0 saturated carbocycles. The molecule has 17 rings (SSSR count). The molecule has 3 aliphatic rings. The van der Waals surface area contributed by atoms with Crippen molar-refractivity contribution in [1.82, 2.24) is 9.55 Å². The van der Waals surface area contributed by atoms with Crippen molar-refractivity contribution < 1.29 is 0 Å². The third kappa shape index (κ3) is 7.44. The summed E-state index contributed by atoms with van der Waals surface area (Å²) >= 11 is 0. The lowest BCUT2D eigenvalue weighted by atomic mass is 9.60. The molecule has 2 heterocycles. The van der Waals surface area contributed by atoms with Crippen LogP contribution >= 0.6 is 0 Å². The van der Waals surface area contributed by atoms with E-state index in [1.807, 2.05) is 0 Å². The minimum Gasteiger partial charge on any atom is -0.309 e. The van der Waals surface area contributed by atoms with Gasteiger partial charge in [0.2, 0.25) is 0 Å². The monoisotopic (exact) mass is 1060 g/mol. The van der Waals surface area contributed by atoms with Gasteiger partial charge in [0.25, 0.3) is 0 Å². The van der Waals surface area contributed by atoms with Crippen molar-refractivity contribution in [1.29, 1.82) is 0 Å². The Morgan fingerprint density at radius 2 is 0.732 bits per heavy atom. The SMILES string of the molecule is c1ccc(-c2ccc([Si](c3ccccc3)(c3ccccc3)c3cccc4c3C3c5ccccc5C4c4cccc(-c5ccccc5-c5cc(-c6ccccc6-n6c7ccccc7c7ccccc76)cc(-c6ccccc6)n5)c43)cc2)cc1. The van der Waals surface area contributed by atoms with E-state index in [0.29, 0.717) is 0 Å². The molecule has 12 aromatic carbocycles. The highest BCUT2D eigenvalue weighted by Crippen LogP contribution is 2.58. The number of rotatable bonds is 10. The van der Waals surface area contributed by atoms with E-state index < -0.39 is 8.07 Å². The van der Waals surface area contributed by atoms with Crippen LogP contribution in [0.5, 0.6) is 0 Å². The molecule has 0 spiro atoms. The second-order valence-electron chi connectivity index (χ2n) is 22.0. The second kappa shape index (κ2) is 19.6. The lowest BCUT2D eigenvalue weighted by molar-refractivity contribution is 0.760. The van der Waals surface area contributed by atoms with E-state index >= 15 is 0 Å². The first-order chi connectivity index (χ1) is 40.7. The van der Waals surface area contributed by atoms with Gasteiger partial charge in [-0.3, -0.25) is 0 Å². The highest BCUT2D eigenvalue weighted by Gasteiger charge is 2.50. The van der Waals surface area contributed by atoms with Crippen LogP contribution in [-0.2, 0) is 0 Å². The van der Waals surface area contributed by atoms with Gasteiger partial charge in [-0.05, 0) is 112 Å². The molecule has 2 aromatic heterocycles. The summed E-state index contributed by atoms with van der Waals surface area (Å²) in [6, 6.07) is 118. The van der Waals surface area contributed by atoms with Crippen LogP contribution in [0.25, 0.3) is 83.4 Å². The maximum atomic E-state index is 5.68. The molecule has 3 aliphatic carbocycles. The summed E-state index contributed by atoms with van der Waals surface area (Å²) in [6.45, 7) is 0. The van der Waals surface area contributed by atoms with Crippen molar-refractivity contribution >= 4 is 50.6 Å². The van der Waals surface area contributed by atoms with Crippen LogP contribution in [0.1, 0.15) is 45.2 Å². The van der Waals surface area contributed by atoms with Gasteiger partial charge in [0.05, 0.1) is 28.1 Å². The van der Waals surface area contributed by atoms with E-state index in [9.17, 15) is 0 Å². The number of pyridine rings is 1. The number of nitrogens with zero attached hydrogens (tertiary/aromatic N) is 2. The molecule has 2 atom stereocenters. The Morgan fingerprint density at radius 1 is 0.280 bits per heavy atom. The molecule has 2 unspecified atom stereocenters. The highest BCUT2D eigenvalue weighted by molar-refractivity contribution is 7.20. The van der Waals surface area contributed by atoms with Crippen LogP contribution in [0.4, 0.5) is 0 Å². The highest BCUT2D eigenvalue weighted by atomic mass is 28.3. The first kappa shape index (κ1) is 47.8. The Bertz CT molecular complexity index is 4640. The zero-order valence-electron chi connectivity index (χ0n) is 45.1. The standard InChI is InChI=1S/C79H54N2Si/c1-5-25-53(26-6-1)54-47-49-59(50-48-54)82(57-29-9-3-10-30-57,58-31-11-4-12-32-58)75-46-24-42-69-76-66-38-15-16-39-67(66)79(78(69)75)77-65(40-23-41-68(76)77)61-34-13-14-35-62(61)71-52-56(51-70(80-71)55-27-7-2-8-28-55)60-33-17-20-43-72(60)81-73-44-21-18-36-63(73)64-37-19-22-45-74(64)81/h1-52,76,79H. The van der Waals surface area contributed by atoms with Gasteiger partial charge < -0.3 is 4.57 Å². The quantitative estimate of drug-likeness (QED) is 0.0986. The maximum absolute atomic E-state index is 5.68. The zero-order chi connectivity index (χ0) is 54.1. The largest absolute Gasteiger partial charge is 0.309 e. The predicted molar refractivity (Wildman–Crippen MR) is 344 cm³/mol. The van der Waals surface area contributed by atoms with Gasteiger partial charge in [0.1, 0.15) is 0 Å². The summed E-state index contributed by atoms with van der Waals surface area (Å²) in [4.78, 5) is 5.68. The van der Waals surface area contributed by atoms with Gasteiger partial charge in [-0.25, -0.2) is 4.98 Å². The summed E-state index contributed by atoms with van der Waals surface area (Å²) in [5.41, 5.74) is 23.1. The molecular formula is C79H54N2Si. The van der Waals surface area contributed by atoms with Gasteiger partial charge in [-0.1, -0.05) is 285 Å². The minimum absolute atomic E-state index is 0.0421. The van der Waals surface area contributed by atoms with Crippen LogP contribution in [0.3, 0.4) is 0 Å². The maximum Gasteiger partial charge on any atom is 0.179 e. The molecule has 82 heavy (non-hydrogen) atoms. The average Bonchev–Trinajstić information content (AvgIpc) is 3.19. The summed E-state index contributed by atoms with van der Waals surface area (Å²) in [5.74, 6) is -0.00716. The molecule has 0 amide bonds. The lowest BCUT2D eigenvalue weighted by Crippen LogP contribution is -2.75. The normalized spacial score (nSPS) is 14.1. The molecule has 0 N–H and O–H groups in total. The summed E-state index contributed by atoms with van der Waals surface area (Å²) in [7, 11) is -3.09. The van der Waals surface area contributed by atoms with E-state index in [1.54, 1.807) is 0 Å².